The van der Waals surface area contributed by atoms with Crippen molar-refractivity contribution in [3.8, 4) is 0 Å². The molecule has 0 spiro atoms. The number of piperazine rings is 1. The van der Waals surface area contributed by atoms with Crippen LogP contribution in [0.15, 0.2) is 27.5 Å². The number of nitrogens with zero attached hydrogens (tertiary/aromatic N) is 3. The molecule has 0 aliphatic carbocycles. The first-order chi connectivity index (χ1) is 16.1. The molecule has 4 rings (SSSR count). The topological polar surface area (TPSA) is 100 Å². The van der Waals surface area contributed by atoms with Gasteiger partial charge in [-0.15, -0.1) is 0 Å². The van der Waals surface area contributed by atoms with Crippen molar-refractivity contribution >= 4 is 33.0 Å². The van der Waals surface area contributed by atoms with Crippen molar-refractivity contribution in [2.75, 3.05) is 45.9 Å². The summed E-state index contributed by atoms with van der Waals surface area (Å²) >= 11 is 0. The van der Waals surface area contributed by atoms with Gasteiger partial charge in [0.05, 0.1) is 11.5 Å². The van der Waals surface area contributed by atoms with Crippen molar-refractivity contribution in [1.29, 1.82) is 0 Å². The molecule has 9 nitrogen and oxygen atoms in total. The lowest BCUT2D eigenvalue weighted by atomic mass is 9.94. The number of hydrogen-bond donors (Lipinski definition) is 0. The second-order valence-electron chi connectivity index (χ2n) is 9.46. The molecule has 10 heteroatoms. The summed E-state index contributed by atoms with van der Waals surface area (Å²) in [6.45, 7) is 10.5. The maximum Gasteiger partial charge on any atom is 0.409 e. The molecule has 2 saturated heterocycles. The van der Waals surface area contributed by atoms with Gasteiger partial charge in [0.1, 0.15) is 5.58 Å². The minimum atomic E-state index is -3.64. The number of aryl methyl sites for hydroxylation is 1. The number of hydrogen-bond acceptors (Lipinski definition) is 6. The molecule has 0 saturated carbocycles. The molecule has 2 amide bonds. The lowest BCUT2D eigenvalue weighted by Gasteiger charge is -2.34. The van der Waals surface area contributed by atoms with Gasteiger partial charge in [0.2, 0.25) is 10.0 Å². The van der Waals surface area contributed by atoms with E-state index in [0.717, 1.165) is 6.42 Å². The number of piperidine rings is 1. The maximum atomic E-state index is 13.3. The first-order valence-electron chi connectivity index (χ1n) is 11.9. The Morgan fingerprint density at radius 1 is 1.06 bits per heavy atom. The van der Waals surface area contributed by atoms with Crippen molar-refractivity contribution < 1.29 is 27.2 Å². The number of furan rings is 1. The van der Waals surface area contributed by atoms with E-state index < -0.39 is 10.0 Å². The number of ether oxygens (including phenoxy) is 1. The second-order valence-corrected chi connectivity index (χ2v) is 11.4. The van der Waals surface area contributed by atoms with Gasteiger partial charge in [0.15, 0.2) is 5.76 Å². The number of benzene rings is 1. The van der Waals surface area contributed by atoms with Crippen molar-refractivity contribution in [3.63, 3.8) is 0 Å². The third-order valence-electron chi connectivity index (χ3n) is 6.67. The Morgan fingerprint density at radius 3 is 2.29 bits per heavy atom. The largest absolute Gasteiger partial charge is 0.451 e. The summed E-state index contributed by atoms with van der Waals surface area (Å²) in [5, 5.41) is 0.618. The summed E-state index contributed by atoms with van der Waals surface area (Å²) in [4.78, 5) is 28.5. The molecule has 2 aromatic rings. The Morgan fingerprint density at radius 2 is 1.68 bits per heavy atom. The minimum Gasteiger partial charge on any atom is -0.451 e. The SMILES string of the molecule is CCOC(=O)N1CCN(C(=O)c2oc3ccc(S(=O)(=O)N4C[C@@H](C)C[C@H](C)C4)cc3c2C)CC1. The van der Waals surface area contributed by atoms with E-state index in [4.69, 9.17) is 9.15 Å². The molecule has 1 aromatic heterocycles. The normalized spacial score (nSPS) is 22.2. The maximum absolute atomic E-state index is 13.3. The van der Waals surface area contributed by atoms with Gasteiger partial charge in [-0.1, -0.05) is 13.8 Å². The number of fused-ring (bicyclic) bond motifs is 1. The standard InChI is InChI=1S/C24H33N3O6S/c1-5-32-24(29)26-10-8-25(9-11-26)23(28)22-18(4)20-13-19(6-7-21(20)33-22)34(30,31)27-14-16(2)12-17(3)15-27/h6-7,13,16-17H,5,8-12,14-15H2,1-4H3/t16-,17-/m0/s1. The number of carbonyl (C=O) groups is 2. The number of sulfonamides is 1. The highest BCUT2D eigenvalue weighted by Crippen LogP contribution is 2.32. The van der Waals surface area contributed by atoms with Crippen LogP contribution in [-0.2, 0) is 14.8 Å². The molecular formula is C24H33N3O6S. The summed E-state index contributed by atoms with van der Waals surface area (Å²) < 4.78 is 39.1. The lowest BCUT2D eigenvalue weighted by molar-refractivity contribution is 0.0547. The Bertz CT molecular complexity index is 1170. The van der Waals surface area contributed by atoms with Crippen LogP contribution < -0.4 is 0 Å². The Balaban J connectivity index is 1.55. The third kappa shape index (κ3) is 4.65. The summed E-state index contributed by atoms with van der Waals surface area (Å²) in [5.74, 6) is 0.563. The molecule has 0 bridgehead atoms. The van der Waals surface area contributed by atoms with E-state index >= 15 is 0 Å². The highest BCUT2D eigenvalue weighted by molar-refractivity contribution is 7.89. The van der Waals surface area contributed by atoms with Crippen molar-refractivity contribution in [2.45, 2.75) is 39.0 Å². The molecule has 186 valence electrons. The Labute approximate surface area is 200 Å². The van der Waals surface area contributed by atoms with Crippen LogP contribution in [0.3, 0.4) is 0 Å². The quantitative estimate of drug-likeness (QED) is 0.650. The zero-order chi connectivity index (χ0) is 24.6. The van der Waals surface area contributed by atoms with Crippen LogP contribution in [0.2, 0.25) is 0 Å². The van der Waals surface area contributed by atoms with E-state index in [9.17, 15) is 18.0 Å². The zero-order valence-electron chi connectivity index (χ0n) is 20.2. The number of amides is 2. The van der Waals surface area contributed by atoms with Gasteiger partial charge in [-0.05, 0) is 50.3 Å². The Kier molecular flexibility index (Phi) is 6.91. The van der Waals surface area contributed by atoms with Crippen LogP contribution in [0.25, 0.3) is 11.0 Å². The van der Waals surface area contributed by atoms with Gasteiger partial charge in [-0.2, -0.15) is 4.31 Å². The molecule has 1 aromatic carbocycles. The first kappa shape index (κ1) is 24.5. The second kappa shape index (κ2) is 9.58. The number of rotatable bonds is 4. The van der Waals surface area contributed by atoms with E-state index in [2.05, 4.69) is 13.8 Å². The van der Waals surface area contributed by atoms with Crippen LogP contribution in [-0.4, -0.2) is 80.4 Å². The molecule has 0 radical (unpaired) electrons. The zero-order valence-corrected chi connectivity index (χ0v) is 21.1. The summed E-state index contributed by atoms with van der Waals surface area (Å²) in [6, 6.07) is 4.79. The van der Waals surface area contributed by atoms with Crippen LogP contribution in [0, 0.1) is 18.8 Å². The monoisotopic (exact) mass is 491 g/mol. The fourth-order valence-electron chi connectivity index (χ4n) is 4.97. The fraction of sp³-hybridized carbons (Fsp3) is 0.583. The third-order valence-corrected chi connectivity index (χ3v) is 8.50. The van der Waals surface area contributed by atoms with E-state index in [-0.39, 0.29) is 22.7 Å². The predicted octanol–water partition coefficient (Wildman–Crippen LogP) is 3.32. The molecule has 34 heavy (non-hydrogen) atoms. The molecular weight excluding hydrogens is 458 g/mol. The molecule has 3 heterocycles. The van der Waals surface area contributed by atoms with Gasteiger partial charge in [-0.25, -0.2) is 13.2 Å². The van der Waals surface area contributed by atoms with Gasteiger partial charge in [-0.3, -0.25) is 4.79 Å². The van der Waals surface area contributed by atoms with Gasteiger partial charge >= 0.3 is 6.09 Å². The van der Waals surface area contributed by atoms with Gasteiger partial charge < -0.3 is 19.0 Å². The lowest BCUT2D eigenvalue weighted by Crippen LogP contribution is -2.50. The first-order valence-corrected chi connectivity index (χ1v) is 13.3. The van der Waals surface area contributed by atoms with E-state index in [0.29, 0.717) is 74.2 Å². The van der Waals surface area contributed by atoms with E-state index in [1.54, 1.807) is 46.2 Å². The smallest absolute Gasteiger partial charge is 0.409 e. The van der Waals surface area contributed by atoms with E-state index in [1.807, 2.05) is 0 Å². The molecule has 2 atom stereocenters. The highest BCUT2D eigenvalue weighted by Gasteiger charge is 2.33. The fourth-order valence-corrected chi connectivity index (χ4v) is 6.67. The molecule has 2 aliphatic heterocycles. The highest BCUT2D eigenvalue weighted by atomic mass is 32.2. The van der Waals surface area contributed by atoms with Crippen molar-refractivity contribution in [3.05, 3.63) is 29.5 Å². The summed E-state index contributed by atoms with van der Waals surface area (Å²) in [5.41, 5.74) is 1.09. The molecule has 0 N–H and O–H groups in total. The van der Waals surface area contributed by atoms with Crippen LogP contribution in [0.1, 0.15) is 43.3 Å². The average Bonchev–Trinajstić information content (AvgIpc) is 3.14. The van der Waals surface area contributed by atoms with Crippen LogP contribution in [0.4, 0.5) is 4.79 Å². The average molecular weight is 492 g/mol. The molecule has 2 fully saturated rings. The Hall–Kier alpha value is -2.59. The van der Waals surface area contributed by atoms with E-state index in [1.165, 1.54) is 0 Å². The summed E-state index contributed by atoms with van der Waals surface area (Å²) in [6.07, 6.45) is 0.645. The molecule has 0 unspecified atom stereocenters. The molecule has 2 aliphatic rings. The predicted molar refractivity (Wildman–Crippen MR) is 127 cm³/mol. The van der Waals surface area contributed by atoms with Gasteiger partial charge in [0.25, 0.3) is 5.91 Å². The van der Waals surface area contributed by atoms with Crippen molar-refractivity contribution in [1.82, 2.24) is 14.1 Å². The van der Waals surface area contributed by atoms with Crippen molar-refractivity contribution in [2.24, 2.45) is 11.8 Å². The number of carbonyl (C=O) groups excluding carboxylic acids is 2. The minimum absolute atomic E-state index is 0.203. The van der Waals surface area contributed by atoms with Crippen LogP contribution in [0.5, 0.6) is 0 Å². The summed E-state index contributed by atoms with van der Waals surface area (Å²) in [7, 11) is -3.64. The van der Waals surface area contributed by atoms with Gasteiger partial charge in [0, 0.05) is 50.2 Å². The van der Waals surface area contributed by atoms with Crippen LogP contribution >= 0.6 is 0 Å².